The Morgan fingerprint density at radius 3 is 2.71 bits per heavy atom. The first-order chi connectivity index (χ1) is 13.0. The van der Waals surface area contributed by atoms with Crippen LogP contribution in [0.15, 0.2) is 12.3 Å². The van der Waals surface area contributed by atoms with E-state index in [1.165, 1.54) is 17.2 Å². The van der Waals surface area contributed by atoms with E-state index in [1.807, 2.05) is 0 Å². The Kier molecular flexibility index (Phi) is 5.68. The Bertz CT molecular complexity index is 916. The van der Waals surface area contributed by atoms with Gasteiger partial charge < -0.3 is 10.5 Å². The maximum atomic E-state index is 12.8. The van der Waals surface area contributed by atoms with Crippen LogP contribution in [0, 0.1) is 5.92 Å². The van der Waals surface area contributed by atoms with Crippen molar-refractivity contribution in [1.82, 2.24) is 14.5 Å². The summed E-state index contributed by atoms with van der Waals surface area (Å²) in [4.78, 5) is 31.1. The number of carbonyl (C=O) groups excluding carboxylic acids is 2. The highest BCUT2D eigenvalue weighted by Gasteiger charge is 2.25. The number of nitrogens with two attached hydrogens (primary N) is 1. The number of hydrogen-bond donors (Lipinski definition) is 1. The Morgan fingerprint density at radius 2 is 2.11 bits per heavy atom. The minimum atomic E-state index is -0.650. The average molecular weight is 407 g/mol. The lowest BCUT2D eigenvalue weighted by atomic mass is 9.99. The van der Waals surface area contributed by atoms with E-state index >= 15 is 0 Å². The summed E-state index contributed by atoms with van der Waals surface area (Å²) in [6, 6.07) is 1.65. The molecular formula is C20H27ClN4O3. The molecule has 2 aromatic rings. The van der Waals surface area contributed by atoms with Crippen molar-refractivity contribution in [2.75, 3.05) is 13.1 Å². The molecule has 28 heavy (non-hydrogen) atoms. The van der Waals surface area contributed by atoms with Crippen molar-refractivity contribution in [3.8, 4) is 0 Å². The summed E-state index contributed by atoms with van der Waals surface area (Å²) in [6.45, 7) is 10.1. The minimum absolute atomic E-state index is 0.136. The number of hydrogen-bond acceptors (Lipinski definition) is 5. The summed E-state index contributed by atoms with van der Waals surface area (Å²) in [5.41, 5.74) is 6.68. The molecule has 0 aromatic carbocycles. The lowest BCUT2D eigenvalue weighted by Crippen LogP contribution is -2.34. The Morgan fingerprint density at radius 1 is 1.39 bits per heavy atom. The minimum Gasteiger partial charge on any atom is -0.443 e. The molecular weight excluding hydrogens is 380 g/mol. The SMILES string of the molecule is C[C@H]1CCCN(Cc2cc(C(N)=O)nc3c(Cl)cn(C(=O)OC(C)(C)C)c23)C1. The van der Waals surface area contributed by atoms with Gasteiger partial charge in [0.15, 0.2) is 0 Å². The first-order valence-electron chi connectivity index (χ1n) is 9.51. The fourth-order valence-corrected chi connectivity index (χ4v) is 3.87. The number of amides is 1. The summed E-state index contributed by atoms with van der Waals surface area (Å²) in [7, 11) is 0. The highest BCUT2D eigenvalue weighted by atomic mass is 35.5. The largest absolute Gasteiger partial charge is 0.443 e. The molecule has 0 unspecified atom stereocenters. The fraction of sp³-hybridized carbons (Fsp3) is 0.550. The molecule has 7 nitrogen and oxygen atoms in total. The second kappa shape index (κ2) is 7.72. The molecule has 0 saturated carbocycles. The van der Waals surface area contributed by atoms with Crippen LogP contribution in [0.3, 0.4) is 0 Å². The molecule has 152 valence electrons. The smallest absolute Gasteiger partial charge is 0.419 e. The van der Waals surface area contributed by atoms with E-state index in [0.717, 1.165) is 25.1 Å². The lowest BCUT2D eigenvalue weighted by Gasteiger charge is -2.31. The zero-order chi connectivity index (χ0) is 20.6. The van der Waals surface area contributed by atoms with Crippen LogP contribution < -0.4 is 5.73 Å². The van der Waals surface area contributed by atoms with Crippen molar-refractivity contribution in [2.45, 2.75) is 52.7 Å². The number of piperidine rings is 1. The van der Waals surface area contributed by atoms with Gasteiger partial charge in [0.05, 0.1) is 10.5 Å². The van der Waals surface area contributed by atoms with Crippen LogP contribution in [0.2, 0.25) is 5.02 Å². The summed E-state index contributed by atoms with van der Waals surface area (Å²) in [5, 5.41) is 0.275. The third-order valence-corrected chi connectivity index (χ3v) is 5.04. The summed E-state index contributed by atoms with van der Waals surface area (Å²) < 4.78 is 6.90. The standard InChI is InChI=1S/C20H27ClN4O3/c1-12-6-5-7-24(9-12)10-13-8-15(18(22)26)23-16-14(21)11-25(17(13)16)19(27)28-20(2,3)4/h8,11-12H,5-7,9-10H2,1-4H3,(H2,22,26)/t12-/m0/s1. The van der Waals surface area contributed by atoms with E-state index in [0.29, 0.717) is 23.5 Å². The van der Waals surface area contributed by atoms with E-state index < -0.39 is 17.6 Å². The Labute approximate surface area is 169 Å². The summed E-state index contributed by atoms with van der Waals surface area (Å²) in [5.74, 6) is -0.0286. The highest BCUT2D eigenvalue weighted by Crippen LogP contribution is 2.30. The maximum Gasteiger partial charge on any atom is 0.419 e. The number of primary amides is 1. The van der Waals surface area contributed by atoms with Crippen LogP contribution in [-0.2, 0) is 11.3 Å². The number of pyridine rings is 1. The van der Waals surface area contributed by atoms with Crippen molar-refractivity contribution in [1.29, 1.82) is 0 Å². The zero-order valence-corrected chi connectivity index (χ0v) is 17.5. The van der Waals surface area contributed by atoms with E-state index in [4.69, 9.17) is 22.1 Å². The molecule has 1 atom stereocenters. The molecule has 3 heterocycles. The predicted octanol–water partition coefficient (Wildman–Crippen LogP) is 3.80. The van der Waals surface area contributed by atoms with Gasteiger partial charge in [-0.25, -0.2) is 14.3 Å². The molecule has 2 N–H and O–H groups in total. The van der Waals surface area contributed by atoms with Crippen molar-refractivity contribution >= 4 is 34.6 Å². The van der Waals surface area contributed by atoms with Gasteiger partial charge in [-0.2, -0.15) is 0 Å². The maximum absolute atomic E-state index is 12.8. The quantitative estimate of drug-likeness (QED) is 0.837. The molecule has 0 radical (unpaired) electrons. The van der Waals surface area contributed by atoms with Gasteiger partial charge in [0, 0.05) is 19.3 Å². The molecule has 0 bridgehead atoms. The fourth-order valence-electron chi connectivity index (χ4n) is 3.64. The van der Waals surface area contributed by atoms with Crippen LogP contribution in [0.25, 0.3) is 11.0 Å². The van der Waals surface area contributed by atoms with Gasteiger partial charge in [-0.3, -0.25) is 9.69 Å². The summed E-state index contributed by atoms with van der Waals surface area (Å²) >= 11 is 6.35. The number of likely N-dealkylation sites (tertiary alicyclic amines) is 1. The Hall–Kier alpha value is -2.12. The van der Waals surface area contributed by atoms with Crippen LogP contribution >= 0.6 is 11.6 Å². The van der Waals surface area contributed by atoms with E-state index in [-0.39, 0.29) is 10.7 Å². The normalized spacial score (nSPS) is 18.4. The second-order valence-corrected chi connectivity index (χ2v) is 8.95. The monoisotopic (exact) mass is 406 g/mol. The van der Waals surface area contributed by atoms with E-state index in [9.17, 15) is 9.59 Å². The van der Waals surface area contributed by atoms with Gasteiger partial charge >= 0.3 is 6.09 Å². The number of nitrogens with zero attached hydrogens (tertiary/aromatic N) is 3. The van der Waals surface area contributed by atoms with Crippen LogP contribution in [0.4, 0.5) is 4.79 Å². The molecule has 3 rings (SSSR count). The van der Waals surface area contributed by atoms with Crippen molar-refractivity contribution in [3.63, 3.8) is 0 Å². The highest BCUT2D eigenvalue weighted by molar-refractivity contribution is 6.35. The molecule has 1 saturated heterocycles. The van der Waals surface area contributed by atoms with Gasteiger partial charge in [0.2, 0.25) is 0 Å². The second-order valence-electron chi connectivity index (χ2n) is 8.54. The van der Waals surface area contributed by atoms with Crippen molar-refractivity contribution in [3.05, 3.63) is 28.5 Å². The number of fused-ring (bicyclic) bond motifs is 1. The van der Waals surface area contributed by atoms with Crippen molar-refractivity contribution < 1.29 is 14.3 Å². The zero-order valence-electron chi connectivity index (χ0n) is 16.8. The predicted molar refractivity (Wildman–Crippen MR) is 109 cm³/mol. The molecule has 1 aliphatic heterocycles. The molecule has 1 aliphatic rings. The molecule has 8 heteroatoms. The first-order valence-corrected chi connectivity index (χ1v) is 9.89. The van der Waals surface area contributed by atoms with Crippen LogP contribution in [0.5, 0.6) is 0 Å². The molecule has 2 aromatic heterocycles. The molecule has 0 aliphatic carbocycles. The molecule has 0 spiro atoms. The van der Waals surface area contributed by atoms with E-state index in [2.05, 4.69) is 16.8 Å². The van der Waals surface area contributed by atoms with Gasteiger partial charge in [0.25, 0.3) is 5.91 Å². The molecule has 1 amide bonds. The number of carbonyl (C=O) groups is 2. The Balaban J connectivity index is 2.10. The number of ether oxygens (including phenoxy) is 1. The topological polar surface area (TPSA) is 90.5 Å². The van der Waals surface area contributed by atoms with Gasteiger partial charge in [0.1, 0.15) is 16.8 Å². The lowest BCUT2D eigenvalue weighted by molar-refractivity contribution is 0.0544. The third-order valence-electron chi connectivity index (χ3n) is 4.76. The van der Waals surface area contributed by atoms with Gasteiger partial charge in [-0.05, 0) is 57.7 Å². The number of halogens is 1. The number of rotatable bonds is 3. The van der Waals surface area contributed by atoms with Gasteiger partial charge in [-0.1, -0.05) is 18.5 Å². The first kappa shape index (κ1) is 20.6. The average Bonchev–Trinajstić information content (AvgIpc) is 2.91. The van der Waals surface area contributed by atoms with Gasteiger partial charge in [-0.15, -0.1) is 0 Å². The summed E-state index contributed by atoms with van der Waals surface area (Å²) in [6.07, 6.45) is 3.27. The van der Waals surface area contributed by atoms with Crippen LogP contribution in [0.1, 0.15) is 56.6 Å². The number of aromatic nitrogens is 2. The molecule has 1 fully saturated rings. The third kappa shape index (κ3) is 4.47. The van der Waals surface area contributed by atoms with Crippen LogP contribution in [-0.4, -0.2) is 45.1 Å². The van der Waals surface area contributed by atoms with Crippen molar-refractivity contribution in [2.24, 2.45) is 11.7 Å². The van der Waals surface area contributed by atoms with E-state index in [1.54, 1.807) is 26.8 Å².